The molecule has 1 heterocycles. The van der Waals surface area contributed by atoms with E-state index >= 15 is 0 Å². The molecule has 1 aliphatic rings. The molecule has 0 aromatic carbocycles. The highest BCUT2D eigenvalue weighted by atomic mass is 19.1. The Morgan fingerprint density at radius 1 is 1.60 bits per heavy atom. The van der Waals surface area contributed by atoms with Gasteiger partial charge in [0, 0.05) is 0 Å². The van der Waals surface area contributed by atoms with E-state index in [9.17, 15) is 4.39 Å². The van der Waals surface area contributed by atoms with Gasteiger partial charge in [-0.15, -0.1) is 0 Å². The number of ether oxygens (including phenoxy) is 1. The third kappa shape index (κ3) is 0.998. The van der Waals surface area contributed by atoms with E-state index in [0.717, 1.165) is 0 Å². The molecule has 0 amide bonds. The van der Waals surface area contributed by atoms with E-state index in [2.05, 4.69) is 0 Å². The van der Waals surface area contributed by atoms with Crippen molar-refractivity contribution in [1.82, 2.24) is 0 Å². The molecule has 3 nitrogen and oxygen atoms in total. The molecule has 3 atom stereocenters. The monoisotopic (exact) mass is 148 g/mol. The van der Waals surface area contributed by atoms with Crippen LogP contribution in [0.25, 0.3) is 0 Å². The van der Waals surface area contributed by atoms with Crippen LogP contribution >= 0.6 is 0 Å². The van der Waals surface area contributed by atoms with Gasteiger partial charge in [-0.25, -0.2) is 4.39 Å². The van der Waals surface area contributed by atoms with E-state index in [0.29, 0.717) is 0 Å². The first-order chi connectivity index (χ1) is 4.66. The number of halogens is 1. The average Bonchev–Trinajstić information content (AvgIpc) is 2.17. The van der Waals surface area contributed by atoms with Gasteiger partial charge in [0.2, 0.25) is 0 Å². The van der Waals surface area contributed by atoms with Gasteiger partial charge < -0.3 is 14.9 Å². The molecule has 1 rings (SSSR count). The van der Waals surface area contributed by atoms with Gasteiger partial charge in [0.25, 0.3) is 0 Å². The van der Waals surface area contributed by atoms with Gasteiger partial charge in [-0.05, 0) is 6.92 Å². The maximum absolute atomic E-state index is 11.7. The summed E-state index contributed by atoms with van der Waals surface area (Å²) in [6.07, 6.45) is -2.59. The predicted molar refractivity (Wildman–Crippen MR) is 31.8 cm³/mol. The molecule has 1 saturated heterocycles. The molecule has 0 bridgehead atoms. The van der Waals surface area contributed by atoms with Gasteiger partial charge in [-0.2, -0.15) is 0 Å². The van der Waals surface area contributed by atoms with E-state index in [1.54, 1.807) is 6.92 Å². The van der Waals surface area contributed by atoms with Crippen LogP contribution in [-0.2, 0) is 4.74 Å². The number of aliphatic hydroxyl groups is 2. The summed E-state index contributed by atoms with van der Waals surface area (Å²) in [5.41, 5.74) is 0. The molecular formula is C6H9FO3. The fraction of sp³-hybridized carbons (Fsp3) is 0.667. The van der Waals surface area contributed by atoms with Crippen molar-refractivity contribution in [1.29, 1.82) is 0 Å². The molecule has 0 saturated carbocycles. The summed E-state index contributed by atoms with van der Waals surface area (Å²) in [5.74, 6) is -0.194. The number of aliphatic hydroxyl groups excluding tert-OH is 2. The molecule has 0 unspecified atom stereocenters. The summed E-state index contributed by atoms with van der Waals surface area (Å²) in [4.78, 5) is 0. The highest BCUT2D eigenvalue weighted by molar-refractivity contribution is 5.06. The first kappa shape index (κ1) is 7.50. The standard InChI is InChI=1S/C6H9FO3/c1-3-5(8)6(9)4(2-7)10-3/h2-3,5-6,8-9H,1H3/b4-2-/t3-,5-,6+/m0/s1. The number of hydrogen-bond acceptors (Lipinski definition) is 3. The van der Waals surface area contributed by atoms with Gasteiger partial charge in [-0.1, -0.05) is 0 Å². The summed E-state index contributed by atoms with van der Waals surface area (Å²) in [5, 5.41) is 17.9. The first-order valence-corrected chi connectivity index (χ1v) is 3.00. The van der Waals surface area contributed by atoms with Gasteiger partial charge in [-0.3, -0.25) is 0 Å². The minimum atomic E-state index is -1.21. The molecule has 2 N–H and O–H groups in total. The third-order valence-corrected chi connectivity index (χ3v) is 1.53. The normalized spacial score (nSPS) is 44.0. The van der Waals surface area contributed by atoms with Crippen LogP contribution in [0.5, 0.6) is 0 Å². The van der Waals surface area contributed by atoms with Crippen LogP contribution in [0.4, 0.5) is 4.39 Å². The lowest BCUT2D eigenvalue weighted by molar-refractivity contribution is 0.0318. The zero-order valence-electron chi connectivity index (χ0n) is 5.49. The minimum absolute atomic E-state index is 0.164. The Hall–Kier alpha value is -0.610. The fourth-order valence-electron chi connectivity index (χ4n) is 0.869. The maximum Gasteiger partial charge on any atom is 0.156 e. The van der Waals surface area contributed by atoms with Gasteiger partial charge in [0.05, 0.1) is 0 Å². The van der Waals surface area contributed by atoms with Crippen LogP contribution in [0.2, 0.25) is 0 Å². The molecule has 0 aromatic heterocycles. The Balaban J connectivity index is 2.71. The molecular weight excluding hydrogens is 139 g/mol. The summed E-state index contributed by atoms with van der Waals surface area (Å²) >= 11 is 0. The second-order valence-corrected chi connectivity index (χ2v) is 2.27. The fourth-order valence-corrected chi connectivity index (χ4v) is 0.869. The highest BCUT2D eigenvalue weighted by Crippen LogP contribution is 2.23. The van der Waals surface area contributed by atoms with Crippen LogP contribution in [0.1, 0.15) is 6.92 Å². The predicted octanol–water partition coefficient (Wildman–Crippen LogP) is -0.0622. The molecule has 0 radical (unpaired) electrons. The third-order valence-electron chi connectivity index (χ3n) is 1.53. The topological polar surface area (TPSA) is 49.7 Å². The van der Waals surface area contributed by atoms with E-state index in [-0.39, 0.29) is 12.1 Å². The second kappa shape index (κ2) is 2.56. The Bertz CT molecular complexity index is 157. The van der Waals surface area contributed by atoms with Crippen molar-refractivity contribution in [3.63, 3.8) is 0 Å². The summed E-state index contributed by atoms with van der Waals surface area (Å²) < 4.78 is 16.5. The minimum Gasteiger partial charge on any atom is -0.487 e. The van der Waals surface area contributed by atoms with Gasteiger partial charge in [0.15, 0.2) is 5.76 Å². The summed E-state index contributed by atoms with van der Waals surface area (Å²) in [6.45, 7) is 1.56. The molecule has 10 heavy (non-hydrogen) atoms. The number of hydrogen-bond donors (Lipinski definition) is 2. The van der Waals surface area contributed by atoms with E-state index in [1.165, 1.54) is 0 Å². The molecule has 0 aromatic rings. The Labute approximate surface area is 57.7 Å². The zero-order valence-corrected chi connectivity index (χ0v) is 5.49. The SMILES string of the molecule is C[C@@H]1O/C(=C\F)[C@@H](O)[C@H]1O. The quantitative estimate of drug-likeness (QED) is 0.506. The molecule has 1 fully saturated rings. The van der Waals surface area contributed by atoms with Crippen molar-refractivity contribution in [3.05, 3.63) is 12.1 Å². The van der Waals surface area contributed by atoms with Crippen LogP contribution in [0.15, 0.2) is 12.1 Å². The lowest BCUT2D eigenvalue weighted by Crippen LogP contribution is -2.27. The summed E-state index contributed by atoms with van der Waals surface area (Å²) in [6, 6.07) is 0. The van der Waals surface area contributed by atoms with E-state index in [4.69, 9.17) is 14.9 Å². The number of rotatable bonds is 0. The molecule has 1 aliphatic heterocycles. The molecule has 0 aliphatic carbocycles. The average molecular weight is 148 g/mol. The van der Waals surface area contributed by atoms with Crippen LogP contribution in [0, 0.1) is 0 Å². The van der Waals surface area contributed by atoms with Crippen molar-refractivity contribution >= 4 is 0 Å². The Morgan fingerprint density at radius 2 is 2.20 bits per heavy atom. The van der Waals surface area contributed by atoms with E-state index in [1.807, 2.05) is 0 Å². The van der Waals surface area contributed by atoms with Crippen LogP contribution < -0.4 is 0 Å². The second-order valence-electron chi connectivity index (χ2n) is 2.27. The lowest BCUT2D eigenvalue weighted by atomic mass is 10.1. The molecule has 58 valence electrons. The molecule has 4 heteroatoms. The first-order valence-electron chi connectivity index (χ1n) is 3.00. The Kier molecular flexibility index (Phi) is 1.92. The zero-order chi connectivity index (χ0) is 7.72. The van der Waals surface area contributed by atoms with Crippen molar-refractivity contribution in [3.8, 4) is 0 Å². The van der Waals surface area contributed by atoms with Gasteiger partial charge in [0.1, 0.15) is 24.6 Å². The van der Waals surface area contributed by atoms with Crippen LogP contribution in [0.3, 0.4) is 0 Å². The van der Waals surface area contributed by atoms with Crippen molar-refractivity contribution in [2.24, 2.45) is 0 Å². The van der Waals surface area contributed by atoms with Crippen LogP contribution in [-0.4, -0.2) is 28.5 Å². The maximum atomic E-state index is 11.7. The van der Waals surface area contributed by atoms with Crippen molar-refractivity contribution < 1.29 is 19.3 Å². The highest BCUT2D eigenvalue weighted by Gasteiger charge is 2.36. The Morgan fingerprint density at radius 3 is 2.40 bits per heavy atom. The summed E-state index contributed by atoms with van der Waals surface area (Å²) in [7, 11) is 0. The largest absolute Gasteiger partial charge is 0.487 e. The van der Waals surface area contributed by atoms with E-state index < -0.39 is 18.3 Å². The smallest absolute Gasteiger partial charge is 0.156 e. The lowest BCUT2D eigenvalue weighted by Gasteiger charge is -2.05. The van der Waals surface area contributed by atoms with Crippen molar-refractivity contribution in [2.45, 2.75) is 25.2 Å². The van der Waals surface area contributed by atoms with Gasteiger partial charge >= 0.3 is 0 Å². The molecule has 0 spiro atoms. The van der Waals surface area contributed by atoms with Crippen molar-refractivity contribution in [2.75, 3.05) is 0 Å².